The molecule has 0 atom stereocenters. The highest BCUT2D eigenvalue weighted by Crippen LogP contribution is 2.30. The number of hydrogen-bond acceptors (Lipinski definition) is 3. The zero-order valence-electron chi connectivity index (χ0n) is 11.0. The summed E-state index contributed by atoms with van der Waals surface area (Å²) in [5.74, 6) is 1.01. The van der Waals surface area contributed by atoms with Gasteiger partial charge in [0.05, 0.1) is 0 Å². The topological polar surface area (TPSA) is 32.5 Å². The van der Waals surface area contributed by atoms with Gasteiger partial charge >= 0.3 is 0 Å². The van der Waals surface area contributed by atoms with Crippen LogP contribution in [-0.4, -0.2) is 37.6 Å². The van der Waals surface area contributed by atoms with Gasteiger partial charge in [-0.1, -0.05) is 12.1 Å². The third-order valence-corrected chi connectivity index (χ3v) is 4.12. The van der Waals surface area contributed by atoms with Crippen molar-refractivity contribution in [3.63, 3.8) is 0 Å². The van der Waals surface area contributed by atoms with Crippen LogP contribution >= 0.6 is 0 Å². The summed E-state index contributed by atoms with van der Waals surface area (Å²) in [4.78, 5) is 5.12. The number of hydrogen-bond donors (Lipinski definition) is 1. The van der Waals surface area contributed by atoms with E-state index in [1.165, 1.54) is 43.7 Å². The van der Waals surface area contributed by atoms with Crippen LogP contribution in [0.1, 0.15) is 18.4 Å². The first-order valence-electron chi connectivity index (χ1n) is 7.11. The zero-order valence-corrected chi connectivity index (χ0v) is 11.0. The molecule has 1 heterocycles. The van der Waals surface area contributed by atoms with Gasteiger partial charge in [0.15, 0.2) is 0 Å². The van der Waals surface area contributed by atoms with Crippen molar-refractivity contribution in [1.82, 2.24) is 4.90 Å². The molecule has 0 amide bonds. The van der Waals surface area contributed by atoms with Crippen molar-refractivity contribution < 1.29 is 0 Å². The van der Waals surface area contributed by atoms with Gasteiger partial charge in [-0.05, 0) is 36.5 Å². The minimum Gasteiger partial charge on any atom is -0.369 e. The van der Waals surface area contributed by atoms with E-state index in [-0.39, 0.29) is 0 Å². The highest BCUT2D eigenvalue weighted by Gasteiger charge is 2.26. The van der Waals surface area contributed by atoms with Gasteiger partial charge in [0.2, 0.25) is 0 Å². The quantitative estimate of drug-likeness (QED) is 0.876. The lowest BCUT2D eigenvalue weighted by molar-refractivity contribution is 0.248. The summed E-state index contributed by atoms with van der Waals surface area (Å²) in [6.07, 6.45) is 2.92. The first kappa shape index (κ1) is 12.0. The Balaban J connectivity index is 1.54. The molecular weight excluding hydrogens is 222 g/mol. The molecule has 0 aromatic heterocycles. The molecule has 1 saturated carbocycles. The van der Waals surface area contributed by atoms with Gasteiger partial charge in [0.1, 0.15) is 0 Å². The molecular formula is C15H23N3. The predicted molar refractivity (Wildman–Crippen MR) is 75.7 cm³/mol. The van der Waals surface area contributed by atoms with E-state index >= 15 is 0 Å². The SMILES string of the molecule is NCc1ccc(N2CCN(CC3CC3)CC2)cc1. The molecule has 1 saturated heterocycles. The standard InChI is InChI=1S/C15H23N3/c16-11-13-3-5-15(6-4-13)18-9-7-17(8-10-18)12-14-1-2-14/h3-6,14H,1-2,7-12,16H2. The second-order valence-electron chi connectivity index (χ2n) is 5.60. The van der Waals surface area contributed by atoms with Gasteiger partial charge in [-0.2, -0.15) is 0 Å². The van der Waals surface area contributed by atoms with Gasteiger partial charge in [-0.15, -0.1) is 0 Å². The van der Waals surface area contributed by atoms with E-state index in [0.717, 1.165) is 19.0 Å². The Bertz CT molecular complexity index is 375. The molecule has 0 spiro atoms. The van der Waals surface area contributed by atoms with E-state index in [4.69, 9.17) is 5.73 Å². The van der Waals surface area contributed by atoms with Gasteiger partial charge < -0.3 is 10.6 Å². The molecule has 2 fully saturated rings. The minimum absolute atomic E-state index is 0.634. The Kier molecular flexibility index (Phi) is 3.52. The summed E-state index contributed by atoms with van der Waals surface area (Å²) in [5.41, 5.74) is 8.19. The molecule has 0 radical (unpaired) electrons. The average molecular weight is 245 g/mol. The van der Waals surface area contributed by atoms with Crippen LogP contribution in [0.25, 0.3) is 0 Å². The maximum atomic E-state index is 5.63. The van der Waals surface area contributed by atoms with Crippen molar-refractivity contribution in [3.8, 4) is 0 Å². The fourth-order valence-corrected chi connectivity index (χ4v) is 2.70. The molecule has 1 aromatic carbocycles. The Hall–Kier alpha value is -1.06. The van der Waals surface area contributed by atoms with Crippen molar-refractivity contribution in [1.29, 1.82) is 0 Å². The van der Waals surface area contributed by atoms with Gasteiger partial charge in [-0.3, -0.25) is 4.90 Å². The molecule has 2 N–H and O–H groups in total. The van der Waals surface area contributed by atoms with Crippen LogP contribution in [0.2, 0.25) is 0 Å². The molecule has 1 aliphatic heterocycles. The summed E-state index contributed by atoms with van der Waals surface area (Å²) in [7, 11) is 0. The molecule has 0 bridgehead atoms. The maximum absolute atomic E-state index is 5.63. The molecule has 3 heteroatoms. The van der Waals surface area contributed by atoms with E-state index in [1.54, 1.807) is 0 Å². The summed E-state index contributed by atoms with van der Waals surface area (Å²) in [6, 6.07) is 8.70. The Morgan fingerprint density at radius 2 is 1.67 bits per heavy atom. The van der Waals surface area contributed by atoms with Crippen LogP contribution in [0, 0.1) is 5.92 Å². The van der Waals surface area contributed by atoms with Crippen molar-refractivity contribution in [3.05, 3.63) is 29.8 Å². The normalized spacial score (nSPS) is 21.3. The van der Waals surface area contributed by atoms with Crippen LogP contribution < -0.4 is 10.6 Å². The van der Waals surface area contributed by atoms with Crippen LogP contribution in [0.4, 0.5) is 5.69 Å². The van der Waals surface area contributed by atoms with Crippen molar-refractivity contribution in [2.24, 2.45) is 11.7 Å². The number of anilines is 1. The monoisotopic (exact) mass is 245 g/mol. The van der Waals surface area contributed by atoms with Crippen LogP contribution in [0.5, 0.6) is 0 Å². The Morgan fingerprint density at radius 3 is 2.22 bits per heavy atom. The minimum atomic E-state index is 0.634. The molecule has 1 aromatic rings. The lowest BCUT2D eigenvalue weighted by Crippen LogP contribution is -2.47. The molecule has 3 nitrogen and oxygen atoms in total. The lowest BCUT2D eigenvalue weighted by Gasteiger charge is -2.36. The second-order valence-corrected chi connectivity index (χ2v) is 5.60. The highest BCUT2D eigenvalue weighted by molar-refractivity contribution is 5.48. The summed E-state index contributed by atoms with van der Waals surface area (Å²) in [6.45, 7) is 6.73. The maximum Gasteiger partial charge on any atom is 0.0367 e. The van der Waals surface area contributed by atoms with Crippen LogP contribution in [0.15, 0.2) is 24.3 Å². The van der Waals surface area contributed by atoms with E-state index in [0.29, 0.717) is 6.54 Å². The third kappa shape index (κ3) is 2.85. The van der Waals surface area contributed by atoms with Gasteiger partial charge in [0.25, 0.3) is 0 Å². The zero-order chi connectivity index (χ0) is 12.4. The number of rotatable bonds is 4. The van der Waals surface area contributed by atoms with E-state index < -0.39 is 0 Å². The highest BCUT2D eigenvalue weighted by atomic mass is 15.3. The fraction of sp³-hybridized carbons (Fsp3) is 0.600. The molecule has 1 aliphatic carbocycles. The molecule has 0 unspecified atom stereocenters. The third-order valence-electron chi connectivity index (χ3n) is 4.12. The van der Waals surface area contributed by atoms with E-state index in [1.807, 2.05) is 0 Å². The smallest absolute Gasteiger partial charge is 0.0367 e. The Labute approximate surface area is 110 Å². The van der Waals surface area contributed by atoms with E-state index in [9.17, 15) is 0 Å². The molecule has 98 valence electrons. The summed E-state index contributed by atoms with van der Waals surface area (Å²) < 4.78 is 0. The first-order valence-corrected chi connectivity index (χ1v) is 7.11. The Morgan fingerprint density at radius 1 is 1.00 bits per heavy atom. The van der Waals surface area contributed by atoms with Crippen molar-refractivity contribution >= 4 is 5.69 Å². The second kappa shape index (κ2) is 5.29. The van der Waals surface area contributed by atoms with Gasteiger partial charge in [-0.25, -0.2) is 0 Å². The number of benzene rings is 1. The summed E-state index contributed by atoms with van der Waals surface area (Å²) >= 11 is 0. The van der Waals surface area contributed by atoms with Crippen molar-refractivity contribution in [2.45, 2.75) is 19.4 Å². The predicted octanol–water partition coefficient (Wildman–Crippen LogP) is 1.68. The average Bonchev–Trinajstić information content (AvgIpc) is 3.24. The largest absolute Gasteiger partial charge is 0.369 e. The van der Waals surface area contributed by atoms with Gasteiger partial charge in [0, 0.05) is 45.0 Å². The number of piperazine rings is 1. The molecule has 2 aliphatic rings. The fourth-order valence-electron chi connectivity index (χ4n) is 2.70. The van der Waals surface area contributed by atoms with E-state index in [2.05, 4.69) is 34.1 Å². The van der Waals surface area contributed by atoms with Crippen LogP contribution in [0.3, 0.4) is 0 Å². The first-order chi connectivity index (χ1) is 8.85. The van der Waals surface area contributed by atoms with Crippen molar-refractivity contribution in [2.75, 3.05) is 37.6 Å². The number of nitrogens with two attached hydrogens (primary N) is 1. The number of nitrogens with zero attached hydrogens (tertiary/aromatic N) is 2. The lowest BCUT2D eigenvalue weighted by atomic mass is 10.2. The van der Waals surface area contributed by atoms with Crippen LogP contribution in [-0.2, 0) is 6.54 Å². The molecule has 3 rings (SSSR count). The molecule has 18 heavy (non-hydrogen) atoms. The summed E-state index contributed by atoms with van der Waals surface area (Å²) in [5, 5.41) is 0.